The van der Waals surface area contributed by atoms with Crippen molar-refractivity contribution >= 4 is 132 Å². The van der Waals surface area contributed by atoms with Crippen LogP contribution in [0.4, 0.5) is 0 Å². The molecule has 1 unspecified atom stereocenters. The molecule has 0 spiro atoms. The van der Waals surface area contributed by atoms with Gasteiger partial charge in [0.2, 0.25) is 0 Å². The predicted octanol–water partition coefficient (Wildman–Crippen LogP) is 22.5. The Morgan fingerprint density at radius 2 is 0.344 bits per heavy atom. The fourth-order valence-corrected chi connectivity index (χ4v) is 21.7. The minimum Gasteiger partial charge on any atom is -0.309 e. The van der Waals surface area contributed by atoms with Crippen molar-refractivity contribution in [3.63, 3.8) is 0 Å². The van der Waals surface area contributed by atoms with Gasteiger partial charge in [-0.1, -0.05) is 364 Å². The summed E-state index contributed by atoms with van der Waals surface area (Å²) in [5, 5.41) is 21.8. The maximum absolute atomic E-state index is 17.9. The van der Waals surface area contributed by atoms with E-state index in [9.17, 15) is 0 Å². The maximum atomic E-state index is 17.9. The van der Waals surface area contributed by atoms with Gasteiger partial charge in [0, 0.05) is 42.6 Å². The Bertz CT molecular complexity index is 6100. The molecule has 96 heavy (non-hydrogen) atoms. The van der Waals surface area contributed by atoms with Crippen molar-refractivity contribution in [3.8, 4) is 55.6 Å². The first-order valence-corrected chi connectivity index (χ1v) is 36.3. The second-order valence-electron chi connectivity index (χ2n) is 25.1. The van der Waals surface area contributed by atoms with Gasteiger partial charge in [0.05, 0.1) is 0 Å². The normalized spacial score (nSPS) is 12.5. The first-order chi connectivity index (χ1) is 47.4. The van der Waals surface area contributed by atoms with Gasteiger partial charge < -0.3 is 9.13 Å². The molecular weight excluding hydrogens is 1200 g/mol. The van der Waals surface area contributed by atoms with E-state index in [1.165, 1.54) is 0 Å². The van der Waals surface area contributed by atoms with Crippen LogP contribution in [-0.4, -0.2) is 0 Å². The Balaban J connectivity index is 0.836. The molecule has 2 nitrogen and oxygen atoms in total. The van der Waals surface area contributed by atoms with E-state index in [1.54, 1.807) is 0 Å². The SMILES string of the molecule is O=P(c1ccccc1)(c1ccc(-c2ccc(-c3c4ccccc4c(P(=O)(c4ccc(-c5ccccc5)cc4)c4ccc(-c5ccccc5)cc4)c4c5ccccc5c5ccccc5c34)cc2)cc1)c1c2ccccc2c(-c2ccccc2)c2c3ccccc3c3ccccc3c12. The van der Waals surface area contributed by atoms with E-state index < -0.39 is 14.3 Å². The quantitative estimate of drug-likeness (QED) is 0.0735. The van der Waals surface area contributed by atoms with Crippen LogP contribution in [0.15, 0.2) is 364 Å². The first kappa shape index (κ1) is 57.2. The summed E-state index contributed by atoms with van der Waals surface area (Å²) in [4.78, 5) is 0. The summed E-state index contributed by atoms with van der Waals surface area (Å²) >= 11 is 0. The van der Waals surface area contributed by atoms with Crippen LogP contribution in [0.5, 0.6) is 0 Å². The fraction of sp³-hybridized carbons (Fsp3) is 0. The molecule has 18 aromatic rings. The van der Waals surface area contributed by atoms with Crippen molar-refractivity contribution in [1.29, 1.82) is 0 Å². The van der Waals surface area contributed by atoms with Gasteiger partial charge in [-0.2, -0.15) is 0 Å². The van der Waals surface area contributed by atoms with Crippen LogP contribution in [0.1, 0.15) is 0 Å². The predicted molar refractivity (Wildman–Crippen MR) is 412 cm³/mol. The molecule has 18 rings (SSSR count). The van der Waals surface area contributed by atoms with Gasteiger partial charge in [-0.05, 0) is 131 Å². The maximum Gasteiger partial charge on any atom is 0.172 e. The number of benzene rings is 18. The van der Waals surface area contributed by atoms with E-state index in [0.717, 1.165) is 174 Å². The molecule has 0 aliphatic carbocycles. The minimum atomic E-state index is -3.77. The Labute approximate surface area is 557 Å². The van der Waals surface area contributed by atoms with Crippen LogP contribution >= 0.6 is 14.3 Å². The molecule has 0 fully saturated rings. The second kappa shape index (κ2) is 23.2. The van der Waals surface area contributed by atoms with Crippen molar-refractivity contribution in [2.75, 3.05) is 0 Å². The average Bonchev–Trinajstić information content (AvgIpc) is 0.699. The highest BCUT2D eigenvalue weighted by Crippen LogP contribution is 2.55. The molecule has 450 valence electrons. The highest BCUT2D eigenvalue weighted by atomic mass is 31.2. The second-order valence-corrected chi connectivity index (χ2v) is 30.5. The number of fused-ring (bicyclic) bond motifs is 14. The van der Waals surface area contributed by atoms with Crippen LogP contribution in [0.25, 0.3) is 142 Å². The highest BCUT2D eigenvalue weighted by molar-refractivity contribution is 7.86. The summed E-state index contributed by atoms with van der Waals surface area (Å²) < 4.78 is 35.6. The van der Waals surface area contributed by atoms with Gasteiger partial charge in [0.25, 0.3) is 0 Å². The topological polar surface area (TPSA) is 34.1 Å². The zero-order chi connectivity index (χ0) is 63.9. The molecule has 0 saturated carbocycles. The Morgan fingerprint density at radius 3 is 0.667 bits per heavy atom. The lowest BCUT2D eigenvalue weighted by atomic mass is 9.86. The van der Waals surface area contributed by atoms with Gasteiger partial charge in [0.15, 0.2) is 14.3 Å². The van der Waals surface area contributed by atoms with Crippen molar-refractivity contribution in [3.05, 3.63) is 364 Å². The molecule has 0 saturated heterocycles. The van der Waals surface area contributed by atoms with Crippen molar-refractivity contribution in [2.24, 2.45) is 0 Å². The molecule has 0 radical (unpaired) electrons. The van der Waals surface area contributed by atoms with Crippen LogP contribution < -0.4 is 31.8 Å². The largest absolute Gasteiger partial charge is 0.309 e. The standard InChI is InChI=1S/C92H60O2P2/c93-95(69-31-11-4-12-32-69,91-83-43-23-21-41-81(83)85(67-29-9-3-10-30-67)87-77-37-17-13-33-73(77)75-35-15-19-39-79(75)89(87)91)70-59-53-66(54-60-70)63-45-47-68(48-46-63)86-82-42-22-24-44-84(82)92(90-80-40-20-16-36-76(80)74-34-14-18-38-78(74)88(86)90)96(94,71-55-49-64(50-56-71)61-25-5-1-6-26-61)72-57-51-65(52-58-72)62-27-7-2-8-28-62/h1-60H. The zero-order valence-electron chi connectivity index (χ0n) is 52.4. The highest BCUT2D eigenvalue weighted by Gasteiger charge is 2.38. The Hall–Kier alpha value is -11.5. The van der Waals surface area contributed by atoms with E-state index in [1.807, 2.05) is 30.3 Å². The summed E-state index contributed by atoms with van der Waals surface area (Å²) in [6, 6.07) is 128. The van der Waals surface area contributed by atoms with Gasteiger partial charge in [-0.3, -0.25) is 0 Å². The van der Waals surface area contributed by atoms with Crippen molar-refractivity contribution < 1.29 is 9.13 Å². The summed E-state index contributed by atoms with van der Waals surface area (Å²) in [6.07, 6.45) is 0. The molecule has 0 bridgehead atoms. The molecule has 4 heteroatoms. The van der Waals surface area contributed by atoms with Crippen LogP contribution in [0.3, 0.4) is 0 Å². The third-order valence-electron chi connectivity index (χ3n) is 20.0. The van der Waals surface area contributed by atoms with Gasteiger partial charge in [-0.25, -0.2) is 0 Å². The molecule has 0 N–H and O–H groups in total. The van der Waals surface area contributed by atoms with Crippen LogP contribution in [0.2, 0.25) is 0 Å². The van der Waals surface area contributed by atoms with E-state index in [2.05, 4.69) is 334 Å². The lowest BCUT2D eigenvalue weighted by molar-refractivity contribution is 0.592. The summed E-state index contributed by atoms with van der Waals surface area (Å²) in [5.74, 6) is 0. The number of rotatable bonds is 11. The number of hydrogen-bond donors (Lipinski definition) is 0. The lowest BCUT2D eigenvalue weighted by Crippen LogP contribution is -2.27. The Kier molecular flexibility index (Phi) is 13.8. The Morgan fingerprint density at radius 1 is 0.146 bits per heavy atom. The van der Waals surface area contributed by atoms with Crippen molar-refractivity contribution in [2.45, 2.75) is 0 Å². The van der Waals surface area contributed by atoms with E-state index >= 15 is 9.13 Å². The van der Waals surface area contributed by atoms with Crippen molar-refractivity contribution in [1.82, 2.24) is 0 Å². The molecule has 0 aromatic heterocycles. The lowest BCUT2D eigenvalue weighted by Gasteiger charge is -2.27. The summed E-state index contributed by atoms with van der Waals surface area (Å²) in [6.45, 7) is 0. The zero-order valence-corrected chi connectivity index (χ0v) is 54.1. The van der Waals surface area contributed by atoms with Gasteiger partial charge >= 0.3 is 0 Å². The summed E-state index contributed by atoms with van der Waals surface area (Å²) in [7, 11) is -7.48. The fourth-order valence-electron chi connectivity index (χ4n) is 15.6. The van der Waals surface area contributed by atoms with E-state index in [0.29, 0.717) is 0 Å². The molecule has 18 aromatic carbocycles. The van der Waals surface area contributed by atoms with E-state index in [-0.39, 0.29) is 0 Å². The van der Waals surface area contributed by atoms with Gasteiger partial charge in [0.1, 0.15) is 0 Å². The molecule has 0 aliphatic rings. The van der Waals surface area contributed by atoms with E-state index in [4.69, 9.17) is 0 Å². The third-order valence-corrected chi connectivity index (χ3v) is 26.3. The first-order valence-electron chi connectivity index (χ1n) is 32.8. The number of hydrogen-bond acceptors (Lipinski definition) is 2. The third kappa shape index (κ3) is 9.02. The molecular formula is C92H60O2P2. The molecule has 0 heterocycles. The molecule has 0 amide bonds. The van der Waals surface area contributed by atoms with Crippen LogP contribution in [0, 0.1) is 0 Å². The molecule has 0 aliphatic heterocycles. The smallest absolute Gasteiger partial charge is 0.172 e. The average molecular weight is 1260 g/mol. The van der Waals surface area contributed by atoms with Gasteiger partial charge in [-0.15, -0.1) is 0 Å². The van der Waals surface area contributed by atoms with Crippen LogP contribution in [-0.2, 0) is 9.13 Å². The summed E-state index contributed by atoms with van der Waals surface area (Å²) in [5.41, 5.74) is 10.8. The monoisotopic (exact) mass is 1260 g/mol. The minimum absolute atomic E-state index is 0.763. The molecule has 1 atom stereocenters.